The number of aryl methyl sites for hydroxylation is 2. The minimum absolute atomic E-state index is 0.116. The molecule has 4 rings (SSSR count). The van der Waals surface area contributed by atoms with Crippen molar-refractivity contribution >= 4 is 11.6 Å². The molecule has 0 atom stereocenters. The van der Waals surface area contributed by atoms with E-state index in [0.717, 1.165) is 37.1 Å². The quantitative estimate of drug-likeness (QED) is 0.722. The highest BCUT2D eigenvalue weighted by Crippen LogP contribution is 2.19. The highest BCUT2D eigenvalue weighted by atomic mass is 16.2. The zero-order chi connectivity index (χ0) is 18.8. The van der Waals surface area contributed by atoms with E-state index in [1.165, 1.54) is 4.68 Å². The third-order valence-corrected chi connectivity index (χ3v) is 4.60. The van der Waals surface area contributed by atoms with Crippen molar-refractivity contribution in [3.8, 4) is 11.4 Å². The lowest BCUT2D eigenvalue weighted by Gasteiger charge is -2.07. The lowest BCUT2D eigenvalue weighted by atomic mass is 10.2. The fraction of sp³-hybridized carbons (Fsp3) is 0.412. The van der Waals surface area contributed by atoms with Crippen LogP contribution in [0.1, 0.15) is 25.1 Å². The van der Waals surface area contributed by atoms with E-state index in [1.54, 1.807) is 28.4 Å². The van der Waals surface area contributed by atoms with Crippen LogP contribution in [-0.4, -0.2) is 40.5 Å². The highest BCUT2D eigenvalue weighted by molar-refractivity contribution is 5.91. The summed E-state index contributed by atoms with van der Waals surface area (Å²) in [7, 11) is 1.75. The molecule has 1 aliphatic heterocycles. The second-order valence-electron chi connectivity index (χ2n) is 6.57. The van der Waals surface area contributed by atoms with E-state index >= 15 is 0 Å². The summed E-state index contributed by atoms with van der Waals surface area (Å²) in [6.07, 6.45) is 3.86. The van der Waals surface area contributed by atoms with E-state index < -0.39 is 0 Å². The summed E-state index contributed by atoms with van der Waals surface area (Å²) >= 11 is 0. The number of aromatic nitrogens is 7. The second-order valence-corrected chi connectivity index (χ2v) is 6.57. The average Bonchev–Trinajstić information content (AvgIpc) is 3.10. The Morgan fingerprint density at radius 1 is 1.26 bits per heavy atom. The van der Waals surface area contributed by atoms with Crippen LogP contribution in [0, 0.1) is 0 Å². The van der Waals surface area contributed by atoms with Gasteiger partial charge in [-0.2, -0.15) is 5.10 Å². The summed E-state index contributed by atoms with van der Waals surface area (Å²) in [5.74, 6) is 1.06. The van der Waals surface area contributed by atoms with Crippen molar-refractivity contribution < 1.29 is 4.79 Å². The first kappa shape index (κ1) is 17.1. The number of benzene rings is 1. The van der Waals surface area contributed by atoms with E-state index in [1.807, 2.05) is 12.1 Å². The molecule has 10 heteroatoms. The Morgan fingerprint density at radius 3 is 2.96 bits per heavy atom. The van der Waals surface area contributed by atoms with Gasteiger partial charge in [0.15, 0.2) is 5.82 Å². The first-order valence-corrected chi connectivity index (χ1v) is 8.91. The number of hydrogen-bond acceptors (Lipinski definition) is 6. The van der Waals surface area contributed by atoms with Crippen LogP contribution < -0.4 is 11.0 Å². The number of hydrogen-bond donors (Lipinski definition) is 1. The van der Waals surface area contributed by atoms with E-state index in [-0.39, 0.29) is 18.1 Å². The molecule has 0 unspecified atom stereocenters. The molecule has 140 valence electrons. The third kappa shape index (κ3) is 3.50. The number of carbonyl (C=O) groups excluding carboxylic acids is 1. The Balaban J connectivity index is 1.49. The molecule has 3 heterocycles. The summed E-state index contributed by atoms with van der Waals surface area (Å²) in [5.41, 5.74) is 1.17. The molecule has 1 aliphatic rings. The van der Waals surface area contributed by atoms with Crippen LogP contribution in [-0.2, 0) is 31.4 Å². The minimum Gasteiger partial charge on any atom is -0.324 e. The van der Waals surface area contributed by atoms with Gasteiger partial charge in [0.1, 0.15) is 12.4 Å². The highest BCUT2D eigenvalue weighted by Gasteiger charge is 2.17. The Kier molecular flexibility index (Phi) is 4.53. The summed E-state index contributed by atoms with van der Waals surface area (Å²) in [5, 5.41) is 18.5. The molecule has 0 saturated carbocycles. The molecule has 2 aromatic heterocycles. The van der Waals surface area contributed by atoms with E-state index in [9.17, 15) is 9.59 Å². The Morgan fingerprint density at radius 2 is 2.15 bits per heavy atom. The number of fused-ring (bicyclic) bond motifs is 1. The van der Waals surface area contributed by atoms with Crippen LogP contribution in [0.2, 0.25) is 0 Å². The zero-order valence-corrected chi connectivity index (χ0v) is 15.0. The van der Waals surface area contributed by atoms with Gasteiger partial charge in [-0.25, -0.2) is 14.2 Å². The van der Waals surface area contributed by atoms with Crippen LogP contribution in [0.3, 0.4) is 0 Å². The first-order chi connectivity index (χ1) is 13.1. The molecule has 1 aromatic carbocycles. The summed E-state index contributed by atoms with van der Waals surface area (Å²) in [6.45, 7) is 0.554. The lowest BCUT2D eigenvalue weighted by molar-refractivity contribution is -0.117. The molecule has 27 heavy (non-hydrogen) atoms. The van der Waals surface area contributed by atoms with Crippen LogP contribution in [0.4, 0.5) is 5.69 Å². The van der Waals surface area contributed by atoms with Gasteiger partial charge in [0.05, 0.1) is 0 Å². The van der Waals surface area contributed by atoms with Crippen molar-refractivity contribution in [1.29, 1.82) is 0 Å². The van der Waals surface area contributed by atoms with Crippen LogP contribution in [0.5, 0.6) is 0 Å². The predicted molar refractivity (Wildman–Crippen MR) is 96.9 cm³/mol. The predicted octanol–water partition coefficient (Wildman–Crippen LogP) is 0.600. The normalized spacial score (nSPS) is 13.8. The van der Waals surface area contributed by atoms with Gasteiger partial charge in [0, 0.05) is 31.3 Å². The van der Waals surface area contributed by atoms with Gasteiger partial charge in [-0.1, -0.05) is 18.6 Å². The summed E-state index contributed by atoms with van der Waals surface area (Å²) in [6, 6.07) is 7.23. The third-order valence-electron chi connectivity index (χ3n) is 4.60. The number of nitrogens with zero attached hydrogens (tertiary/aromatic N) is 7. The van der Waals surface area contributed by atoms with Gasteiger partial charge in [0.25, 0.3) is 0 Å². The maximum atomic E-state index is 12.5. The van der Waals surface area contributed by atoms with Gasteiger partial charge >= 0.3 is 5.69 Å². The van der Waals surface area contributed by atoms with E-state index in [0.29, 0.717) is 18.1 Å². The lowest BCUT2D eigenvalue weighted by Crippen LogP contribution is -2.30. The number of amides is 1. The largest absolute Gasteiger partial charge is 0.346 e. The molecule has 0 radical (unpaired) electrons. The SMILES string of the molecule is Cn1nnnc1-c1cccc(NC(=O)Cn2nc3n(c2=O)CCCCC3)c1. The topological polar surface area (TPSA) is 113 Å². The number of rotatable bonds is 4. The average molecular weight is 368 g/mol. The second kappa shape index (κ2) is 7.14. The van der Waals surface area contributed by atoms with Crippen molar-refractivity contribution in [3.05, 3.63) is 40.6 Å². The van der Waals surface area contributed by atoms with Gasteiger partial charge in [-0.05, 0) is 35.4 Å². The fourth-order valence-electron chi connectivity index (χ4n) is 3.27. The summed E-state index contributed by atoms with van der Waals surface area (Å²) in [4.78, 5) is 24.9. The van der Waals surface area contributed by atoms with Gasteiger partial charge in [-0.3, -0.25) is 9.36 Å². The fourth-order valence-corrected chi connectivity index (χ4v) is 3.27. The molecule has 0 bridgehead atoms. The molecular formula is C17H20N8O2. The molecule has 0 aliphatic carbocycles. The monoisotopic (exact) mass is 368 g/mol. The molecule has 1 amide bonds. The molecule has 3 aromatic rings. The number of tetrazole rings is 1. The number of carbonyl (C=O) groups is 1. The van der Waals surface area contributed by atoms with E-state index in [4.69, 9.17) is 0 Å². The standard InChI is InChI=1S/C17H20N8O2/c1-23-16(19-21-22-23)12-6-5-7-13(10-12)18-15(26)11-25-17(27)24-9-4-2-3-8-14(24)20-25/h5-7,10H,2-4,8-9,11H2,1H3,(H,18,26). The molecule has 10 nitrogen and oxygen atoms in total. The molecule has 0 fully saturated rings. The van der Waals surface area contributed by atoms with Crippen molar-refractivity contribution in [3.63, 3.8) is 0 Å². The van der Waals surface area contributed by atoms with Gasteiger partial charge in [-0.15, -0.1) is 5.10 Å². The van der Waals surface area contributed by atoms with Gasteiger partial charge < -0.3 is 5.32 Å². The molecule has 1 N–H and O–H groups in total. The molecular weight excluding hydrogens is 348 g/mol. The maximum Gasteiger partial charge on any atom is 0.346 e. The van der Waals surface area contributed by atoms with Crippen LogP contribution >= 0.6 is 0 Å². The zero-order valence-electron chi connectivity index (χ0n) is 15.0. The van der Waals surface area contributed by atoms with Crippen LogP contribution in [0.15, 0.2) is 29.1 Å². The van der Waals surface area contributed by atoms with E-state index in [2.05, 4.69) is 25.9 Å². The van der Waals surface area contributed by atoms with Crippen molar-refractivity contribution in [2.45, 2.75) is 38.8 Å². The van der Waals surface area contributed by atoms with Gasteiger partial charge in [0.2, 0.25) is 5.91 Å². The first-order valence-electron chi connectivity index (χ1n) is 8.91. The number of nitrogens with one attached hydrogen (secondary N) is 1. The van der Waals surface area contributed by atoms with Crippen molar-refractivity contribution in [2.24, 2.45) is 7.05 Å². The van der Waals surface area contributed by atoms with Crippen LogP contribution in [0.25, 0.3) is 11.4 Å². The number of anilines is 1. The Labute approximate surface area is 154 Å². The summed E-state index contributed by atoms with van der Waals surface area (Å²) < 4.78 is 4.48. The molecule has 0 saturated heterocycles. The Hall–Kier alpha value is -3.30. The molecule has 0 spiro atoms. The smallest absolute Gasteiger partial charge is 0.324 e. The van der Waals surface area contributed by atoms with Crippen molar-refractivity contribution in [1.82, 2.24) is 34.6 Å². The van der Waals surface area contributed by atoms with Crippen molar-refractivity contribution in [2.75, 3.05) is 5.32 Å². The minimum atomic E-state index is -0.307. The maximum absolute atomic E-state index is 12.5. The Bertz CT molecular complexity index is 1030.